The predicted octanol–water partition coefficient (Wildman–Crippen LogP) is 0.265. The van der Waals surface area contributed by atoms with Gasteiger partial charge in [0.05, 0.1) is 5.37 Å². The molecule has 1 fully saturated rings. The first-order valence-corrected chi connectivity index (χ1v) is 5.17. The highest BCUT2D eigenvalue weighted by Crippen LogP contribution is 2.31. The average molecular weight is 211 g/mol. The first-order chi connectivity index (χ1) is 6.77. The summed E-state index contributed by atoms with van der Waals surface area (Å²) in [7, 11) is 0. The largest absolute Gasteiger partial charge is 0.480 e. The lowest BCUT2D eigenvalue weighted by atomic mass is 10.3. The third kappa shape index (κ3) is 1.85. The topological polar surface area (TPSA) is 75.1 Å². The van der Waals surface area contributed by atoms with Gasteiger partial charge in [-0.25, -0.2) is 9.97 Å². The number of hydrogen-bond acceptors (Lipinski definition) is 5. The lowest BCUT2D eigenvalue weighted by Crippen LogP contribution is -2.33. The van der Waals surface area contributed by atoms with Gasteiger partial charge in [0.25, 0.3) is 0 Å². The molecule has 6 heteroatoms. The second kappa shape index (κ2) is 3.93. The summed E-state index contributed by atoms with van der Waals surface area (Å²) in [6.45, 7) is 0. The average Bonchev–Trinajstić information content (AvgIpc) is 2.68. The van der Waals surface area contributed by atoms with E-state index < -0.39 is 12.0 Å². The first-order valence-electron chi connectivity index (χ1n) is 4.13. The summed E-state index contributed by atoms with van der Waals surface area (Å²) in [4.78, 5) is 18.4. The number of carboxylic acids is 1. The molecular weight excluding hydrogens is 202 g/mol. The third-order valence-corrected chi connectivity index (χ3v) is 3.23. The SMILES string of the molecule is O=C(O)C1CSC(c2cncnc2)N1. The van der Waals surface area contributed by atoms with Gasteiger partial charge in [0, 0.05) is 23.7 Å². The van der Waals surface area contributed by atoms with Crippen LogP contribution in [0.1, 0.15) is 10.9 Å². The molecule has 1 saturated heterocycles. The number of hydrogen-bond donors (Lipinski definition) is 2. The molecule has 0 bridgehead atoms. The van der Waals surface area contributed by atoms with Gasteiger partial charge in [-0.3, -0.25) is 10.1 Å². The smallest absolute Gasteiger partial charge is 0.321 e. The minimum atomic E-state index is -0.808. The van der Waals surface area contributed by atoms with Gasteiger partial charge in [0.1, 0.15) is 12.4 Å². The molecule has 2 rings (SSSR count). The van der Waals surface area contributed by atoms with Gasteiger partial charge in [-0.2, -0.15) is 0 Å². The van der Waals surface area contributed by atoms with Crippen LogP contribution < -0.4 is 5.32 Å². The van der Waals surface area contributed by atoms with E-state index >= 15 is 0 Å². The van der Waals surface area contributed by atoms with Crippen molar-refractivity contribution < 1.29 is 9.90 Å². The van der Waals surface area contributed by atoms with Crippen molar-refractivity contribution >= 4 is 17.7 Å². The Hall–Kier alpha value is -1.14. The second-order valence-corrected chi connectivity index (χ2v) is 4.08. The van der Waals surface area contributed by atoms with Crippen molar-refractivity contribution in [3.63, 3.8) is 0 Å². The lowest BCUT2D eigenvalue weighted by molar-refractivity contribution is -0.138. The quantitative estimate of drug-likeness (QED) is 0.731. The fourth-order valence-corrected chi connectivity index (χ4v) is 2.45. The number of nitrogens with zero attached hydrogens (tertiary/aromatic N) is 2. The zero-order valence-electron chi connectivity index (χ0n) is 7.25. The van der Waals surface area contributed by atoms with Gasteiger partial charge in [-0.1, -0.05) is 0 Å². The molecule has 2 unspecified atom stereocenters. The molecule has 2 N–H and O–H groups in total. The highest BCUT2D eigenvalue weighted by Gasteiger charge is 2.30. The summed E-state index contributed by atoms with van der Waals surface area (Å²) >= 11 is 1.56. The van der Waals surface area contributed by atoms with Crippen LogP contribution in [-0.4, -0.2) is 32.8 Å². The molecule has 0 radical (unpaired) electrons. The van der Waals surface area contributed by atoms with Crippen LogP contribution in [0, 0.1) is 0 Å². The molecular formula is C8H9N3O2S. The Morgan fingerprint density at radius 1 is 1.57 bits per heavy atom. The van der Waals surface area contributed by atoms with Gasteiger partial charge < -0.3 is 5.11 Å². The molecule has 5 nitrogen and oxygen atoms in total. The molecule has 1 aromatic heterocycles. The van der Waals surface area contributed by atoms with Crippen LogP contribution in [0.15, 0.2) is 18.7 Å². The molecule has 0 spiro atoms. The fourth-order valence-electron chi connectivity index (χ4n) is 1.25. The minimum Gasteiger partial charge on any atom is -0.480 e. The van der Waals surface area contributed by atoms with Crippen molar-refractivity contribution in [1.29, 1.82) is 0 Å². The van der Waals surface area contributed by atoms with E-state index in [4.69, 9.17) is 5.11 Å². The second-order valence-electron chi connectivity index (χ2n) is 2.94. The number of carboxylic acid groups (broad SMARTS) is 1. The molecule has 74 valence electrons. The normalized spacial score (nSPS) is 26.3. The molecule has 0 saturated carbocycles. The predicted molar refractivity (Wildman–Crippen MR) is 51.8 cm³/mol. The van der Waals surface area contributed by atoms with E-state index in [-0.39, 0.29) is 5.37 Å². The molecule has 2 atom stereocenters. The van der Waals surface area contributed by atoms with Crippen LogP contribution in [0.5, 0.6) is 0 Å². The highest BCUT2D eigenvalue weighted by atomic mass is 32.2. The number of carbonyl (C=O) groups is 1. The Labute approximate surface area is 85.0 Å². The first kappa shape index (κ1) is 9.42. The fraction of sp³-hybridized carbons (Fsp3) is 0.375. The number of nitrogens with one attached hydrogen (secondary N) is 1. The van der Waals surface area contributed by atoms with Crippen LogP contribution in [-0.2, 0) is 4.79 Å². The lowest BCUT2D eigenvalue weighted by Gasteiger charge is -2.09. The van der Waals surface area contributed by atoms with E-state index in [2.05, 4.69) is 15.3 Å². The van der Waals surface area contributed by atoms with Crippen molar-refractivity contribution in [3.8, 4) is 0 Å². The molecule has 2 heterocycles. The van der Waals surface area contributed by atoms with Crippen LogP contribution >= 0.6 is 11.8 Å². The van der Waals surface area contributed by atoms with Crippen molar-refractivity contribution in [2.24, 2.45) is 0 Å². The molecule has 0 amide bonds. The van der Waals surface area contributed by atoms with Crippen molar-refractivity contribution in [2.45, 2.75) is 11.4 Å². The Morgan fingerprint density at radius 3 is 2.86 bits per heavy atom. The van der Waals surface area contributed by atoms with Gasteiger partial charge in [0.2, 0.25) is 0 Å². The van der Waals surface area contributed by atoms with Gasteiger partial charge in [-0.05, 0) is 0 Å². The van der Waals surface area contributed by atoms with Crippen LogP contribution in [0.3, 0.4) is 0 Å². The summed E-state index contributed by atoms with van der Waals surface area (Å²) in [6.07, 6.45) is 4.85. The van der Waals surface area contributed by atoms with E-state index in [9.17, 15) is 4.79 Å². The Morgan fingerprint density at radius 2 is 2.29 bits per heavy atom. The maximum Gasteiger partial charge on any atom is 0.321 e. The summed E-state index contributed by atoms with van der Waals surface area (Å²) in [5.41, 5.74) is 0.918. The molecule has 1 aromatic rings. The van der Waals surface area contributed by atoms with Crippen LogP contribution in [0.4, 0.5) is 0 Å². The number of rotatable bonds is 2. The zero-order valence-corrected chi connectivity index (χ0v) is 8.07. The maximum absolute atomic E-state index is 10.7. The highest BCUT2D eigenvalue weighted by molar-refractivity contribution is 7.99. The van der Waals surface area contributed by atoms with E-state index in [0.29, 0.717) is 5.75 Å². The molecule has 14 heavy (non-hydrogen) atoms. The van der Waals surface area contributed by atoms with E-state index in [1.165, 1.54) is 6.33 Å². The standard InChI is InChI=1S/C8H9N3O2S/c12-8(13)6-3-14-7(11-6)5-1-9-4-10-2-5/h1-2,4,6-7,11H,3H2,(H,12,13). The summed E-state index contributed by atoms with van der Waals surface area (Å²) in [5.74, 6) is -0.230. The van der Waals surface area contributed by atoms with Crippen LogP contribution in [0.25, 0.3) is 0 Å². The van der Waals surface area contributed by atoms with Crippen molar-refractivity contribution in [2.75, 3.05) is 5.75 Å². The summed E-state index contributed by atoms with van der Waals surface area (Å²) in [6, 6.07) is -0.467. The Kier molecular flexibility index (Phi) is 2.64. The Bertz CT molecular complexity index is 333. The maximum atomic E-state index is 10.7. The molecule has 1 aliphatic rings. The molecule has 0 aliphatic carbocycles. The van der Waals surface area contributed by atoms with E-state index in [1.807, 2.05) is 0 Å². The zero-order chi connectivity index (χ0) is 9.97. The minimum absolute atomic E-state index is 0.00250. The number of aromatic nitrogens is 2. The summed E-state index contributed by atoms with van der Waals surface area (Å²) in [5, 5.41) is 11.8. The van der Waals surface area contributed by atoms with Crippen molar-refractivity contribution in [1.82, 2.24) is 15.3 Å². The Balaban J connectivity index is 2.06. The molecule has 1 aliphatic heterocycles. The van der Waals surface area contributed by atoms with Gasteiger partial charge >= 0.3 is 5.97 Å². The third-order valence-electron chi connectivity index (χ3n) is 1.96. The number of aliphatic carboxylic acids is 1. The van der Waals surface area contributed by atoms with Crippen molar-refractivity contribution in [3.05, 3.63) is 24.3 Å². The monoisotopic (exact) mass is 211 g/mol. The van der Waals surface area contributed by atoms with Gasteiger partial charge in [0.15, 0.2) is 0 Å². The van der Waals surface area contributed by atoms with E-state index in [1.54, 1.807) is 24.2 Å². The van der Waals surface area contributed by atoms with E-state index in [0.717, 1.165) is 5.56 Å². The van der Waals surface area contributed by atoms with Gasteiger partial charge in [-0.15, -0.1) is 11.8 Å². The van der Waals surface area contributed by atoms with Crippen LogP contribution in [0.2, 0.25) is 0 Å². The summed E-state index contributed by atoms with van der Waals surface area (Å²) < 4.78 is 0. The molecule has 0 aromatic carbocycles. The number of thioether (sulfide) groups is 1.